The van der Waals surface area contributed by atoms with Crippen molar-refractivity contribution < 1.29 is 42.7 Å². The van der Waals surface area contributed by atoms with Crippen LogP contribution in [0.4, 0.5) is 0 Å². The van der Waals surface area contributed by atoms with Gasteiger partial charge in [-0.25, -0.2) is 0 Å². The van der Waals surface area contributed by atoms with E-state index >= 15 is 0 Å². The Kier molecular flexibility index (Phi) is 7.47. The van der Waals surface area contributed by atoms with Crippen LogP contribution in [0.15, 0.2) is 24.3 Å². The fourth-order valence-corrected chi connectivity index (χ4v) is 5.29. The van der Waals surface area contributed by atoms with Crippen molar-refractivity contribution in [2.24, 2.45) is 11.8 Å². The first-order valence-electron chi connectivity index (χ1n) is 11.8. The van der Waals surface area contributed by atoms with Gasteiger partial charge in [-0.15, -0.1) is 0 Å². The molecule has 36 heavy (non-hydrogen) atoms. The summed E-state index contributed by atoms with van der Waals surface area (Å²) in [6, 6.07) is 7.32. The van der Waals surface area contributed by atoms with Crippen LogP contribution in [0.25, 0.3) is 0 Å². The molecular formula is C27H32O9. The molecule has 1 saturated heterocycles. The highest BCUT2D eigenvalue weighted by Crippen LogP contribution is 2.56. The van der Waals surface area contributed by atoms with Gasteiger partial charge in [0.25, 0.3) is 0 Å². The zero-order chi connectivity index (χ0) is 26.0. The van der Waals surface area contributed by atoms with Gasteiger partial charge in [0.1, 0.15) is 6.10 Å². The van der Waals surface area contributed by atoms with E-state index in [1.54, 1.807) is 28.4 Å². The molecule has 9 heteroatoms. The molecule has 2 aliphatic rings. The maximum absolute atomic E-state index is 13.2. The van der Waals surface area contributed by atoms with Crippen molar-refractivity contribution >= 4 is 11.9 Å². The number of ether oxygens (including phenoxy) is 7. The Bertz CT molecular complexity index is 1120. The monoisotopic (exact) mass is 500 g/mol. The summed E-state index contributed by atoms with van der Waals surface area (Å²) >= 11 is 0. The van der Waals surface area contributed by atoms with Crippen molar-refractivity contribution in [3.05, 3.63) is 41.0 Å². The zero-order valence-corrected chi connectivity index (χ0v) is 21.4. The number of methoxy groups -OCH3 is 5. The number of rotatable bonds is 9. The quantitative estimate of drug-likeness (QED) is 0.472. The molecule has 0 N–H and O–H groups in total. The van der Waals surface area contributed by atoms with E-state index in [-0.39, 0.29) is 30.9 Å². The van der Waals surface area contributed by atoms with Crippen LogP contribution in [0.2, 0.25) is 0 Å². The number of hydrogen-bond donors (Lipinski definition) is 0. The lowest BCUT2D eigenvalue weighted by molar-refractivity contribution is -0.154. The minimum absolute atomic E-state index is 0.141. The average molecular weight is 501 g/mol. The molecule has 1 aliphatic heterocycles. The second kappa shape index (κ2) is 10.6. The number of carbonyl (C=O) groups excluding carboxylic acids is 2. The summed E-state index contributed by atoms with van der Waals surface area (Å²) in [5, 5.41) is 0. The Morgan fingerprint density at radius 2 is 1.44 bits per heavy atom. The molecule has 1 aliphatic carbocycles. The fraction of sp³-hybridized carbons (Fsp3) is 0.481. The fourth-order valence-electron chi connectivity index (χ4n) is 5.29. The lowest BCUT2D eigenvalue weighted by Crippen LogP contribution is -2.36. The number of fused-ring (bicyclic) bond motifs is 2. The van der Waals surface area contributed by atoms with E-state index in [9.17, 15) is 9.59 Å². The Morgan fingerprint density at radius 3 is 1.97 bits per heavy atom. The molecule has 2 aromatic rings. The molecule has 9 nitrogen and oxygen atoms in total. The molecule has 0 spiro atoms. The first kappa shape index (κ1) is 25.5. The number of benzene rings is 2. The predicted octanol–water partition coefficient (Wildman–Crippen LogP) is 4.05. The van der Waals surface area contributed by atoms with Crippen LogP contribution >= 0.6 is 0 Å². The number of hydrogen-bond acceptors (Lipinski definition) is 9. The third kappa shape index (κ3) is 4.27. The van der Waals surface area contributed by atoms with Gasteiger partial charge in [-0.1, -0.05) is 6.92 Å². The lowest BCUT2D eigenvalue weighted by Gasteiger charge is -2.39. The lowest BCUT2D eigenvalue weighted by atomic mass is 9.66. The standard InChI is InChI=1S/C27H32O9/c1-7-8-22(28)36-25-16-12-19(31-3)18(30-2)11-15(16)23(24-17(25)13-35-27(24)29)14-9-20(32-4)26(34-6)21(10-14)33-5/h9-12,17,23-25H,7-8,13H2,1-6H3/t17-,23+,24-,25-/m0/s1. The molecule has 4 atom stereocenters. The van der Waals surface area contributed by atoms with Gasteiger partial charge < -0.3 is 33.2 Å². The molecular weight excluding hydrogens is 468 g/mol. The van der Waals surface area contributed by atoms with Gasteiger partial charge in [0.05, 0.1) is 48.1 Å². The Morgan fingerprint density at radius 1 is 0.861 bits per heavy atom. The first-order chi connectivity index (χ1) is 17.4. The van der Waals surface area contributed by atoms with Gasteiger partial charge in [-0.2, -0.15) is 0 Å². The summed E-state index contributed by atoms with van der Waals surface area (Å²) < 4.78 is 39.3. The molecule has 194 valence electrons. The van der Waals surface area contributed by atoms with E-state index in [4.69, 9.17) is 33.2 Å². The summed E-state index contributed by atoms with van der Waals surface area (Å²) in [5.41, 5.74) is 2.29. The van der Waals surface area contributed by atoms with Crippen molar-refractivity contribution in [2.75, 3.05) is 42.2 Å². The minimum Gasteiger partial charge on any atom is -0.493 e. The second-order valence-electron chi connectivity index (χ2n) is 8.75. The van der Waals surface area contributed by atoms with Crippen LogP contribution in [0.1, 0.15) is 48.5 Å². The van der Waals surface area contributed by atoms with E-state index in [0.717, 1.165) is 16.7 Å². The Hall–Kier alpha value is -3.62. The molecule has 0 unspecified atom stereocenters. The SMILES string of the molecule is CCCC(=O)O[C@H]1c2cc(OC)c(OC)cc2[C@@H](c2cc(OC)c(OC)c(OC)c2)[C@H]2C(=O)OC[C@@H]21. The maximum Gasteiger partial charge on any atom is 0.310 e. The third-order valence-corrected chi connectivity index (χ3v) is 6.89. The highest BCUT2D eigenvalue weighted by Gasteiger charge is 2.54. The van der Waals surface area contributed by atoms with Crippen molar-refractivity contribution in [3.8, 4) is 28.7 Å². The van der Waals surface area contributed by atoms with Gasteiger partial charge in [0.15, 0.2) is 23.0 Å². The van der Waals surface area contributed by atoms with Crippen LogP contribution in [0, 0.1) is 11.8 Å². The number of esters is 2. The van der Waals surface area contributed by atoms with Gasteiger partial charge in [0.2, 0.25) is 5.75 Å². The summed E-state index contributed by atoms with van der Waals surface area (Å²) in [4.78, 5) is 25.8. The van der Waals surface area contributed by atoms with Crippen LogP contribution in [-0.4, -0.2) is 54.1 Å². The topological polar surface area (TPSA) is 98.8 Å². The van der Waals surface area contributed by atoms with E-state index in [1.807, 2.05) is 31.2 Å². The van der Waals surface area contributed by atoms with Crippen molar-refractivity contribution in [3.63, 3.8) is 0 Å². The summed E-state index contributed by atoms with van der Waals surface area (Å²) in [5.74, 6) is 0.270. The molecule has 0 amide bonds. The number of carbonyl (C=O) groups is 2. The van der Waals surface area contributed by atoms with E-state index in [1.165, 1.54) is 7.11 Å². The summed E-state index contributed by atoms with van der Waals surface area (Å²) in [6.45, 7) is 2.05. The predicted molar refractivity (Wildman–Crippen MR) is 129 cm³/mol. The molecule has 2 aromatic carbocycles. The first-order valence-corrected chi connectivity index (χ1v) is 11.8. The average Bonchev–Trinajstić information content (AvgIpc) is 3.27. The summed E-state index contributed by atoms with van der Waals surface area (Å²) in [6.07, 6.45) is 0.261. The molecule has 1 fully saturated rings. The second-order valence-corrected chi connectivity index (χ2v) is 8.75. The van der Waals surface area contributed by atoms with Crippen LogP contribution in [0.5, 0.6) is 28.7 Å². The highest BCUT2D eigenvalue weighted by atomic mass is 16.6. The van der Waals surface area contributed by atoms with Gasteiger partial charge in [-0.05, 0) is 41.8 Å². The molecule has 0 saturated carbocycles. The molecule has 4 rings (SSSR count). The molecule has 0 aromatic heterocycles. The number of cyclic esters (lactones) is 1. The molecule has 1 heterocycles. The summed E-state index contributed by atoms with van der Waals surface area (Å²) in [7, 11) is 7.71. The van der Waals surface area contributed by atoms with Gasteiger partial charge >= 0.3 is 11.9 Å². The largest absolute Gasteiger partial charge is 0.493 e. The van der Waals surface area contributed by atoms with Crippen LogP contribution in [0.3, 0.4) is 0 Å². The van der Waals surface area contributed by atoms with Crippen molar-refractivity contribution in [1.82, 2.24) is 0 Å². The van der Waals surface area contributed by atoms with Gasteiger partial charge in [0, 0.05) is 23.8 Å². The van der Waals surface area contributed by atoms with E-state index in [0.29, 0.717) is 35.2 Å². The van der Waals surface area contributed by atoms with E-state index < -0.39 is 17.9 Å². The molecule has 0 radical (unpaired) electrons. The van der Waals surface area contributed by atoms with Crippen LogP contribution in [-0.2, 0) is 19.1 Å². The van der Waals surface area contributed by atoms with Crippen LogP contribution < -0.4 is 23.7 Å². The smallest absolute Gasteiger partial charge is 0.310 e. The zero-order valence-electron chi connectivity index (χ0n) is 21.4. The Balaban J connectivity index is 1.97. The normalized spacial score (nSPS) is 22.1. The van der Waals surface area contributed by atoms with Gasteiger partial charge in [-0.3, -0.25) is 9.59 Å². The molecule has 0 bridgehead atoms. The van der Waals surface area contributed by atoms with Crippen molar-refractivity contribution in [2.45, 2.75) is 31.8 Å². The highest BCUT2D eigenvalue weighted by molar-refractivity contribution is 5.79. The third-order valence-electron chi connectivity index (χ3n) is 6.89. The Labute approximate surface area is 210 Å². The maximum atomic E-state index is 13.2. The minimum atomic E-state index is -0.673. The van der Waals surface area contributed by atoms with E-state index in [2.05, 4.69) is 0 Å². The van der Waals surface area contributed by atoms with Crippen molar-refractivity contribution in [1.29, 1.82) is 0 Å².